The highest BCUT2D eigenvalue weighted by atomic mass is 16.5. The van der Waals surface area contributed by atoms with Crippen LogP contribution in [0.15, 0.2) is 12.2 Å². The summed E-state index contributed by atoms with van der Waals surface area (Å²) >= 11 is 0. The topological polar surface area (TPSA) is 9.23 Å². The molecule has 1 saturated carbocycles. The van der Waals surface area contributed by atoms with E-state index in [1.165, 1.54) is 64.2 Å². The van der Waals surface area contributed by atoms with Crippen molar-refractivity contribution in [1.29, 1.82) is 0 Å². The van der Waals surface area contributed by atoms with E-state index in [1.54, 1.807) is 0 Å². The largest absolute Gasteiger partial charge is 0.371 e. The van der Waals surface area contributed by atoms with E-state index in [9.17, 15) is 0 Å². The summed E-state index contributed by atoms with van der Waals surface area (Å²) in [6.07, 6.45) is 19.2. The Morgan fingerprint density at radius 3 is 2.38 bits per heavy atom. The Labute approximate surface area is 132 Å². The average molecular weight is 293 g/mol. The van der Waals surface area contributed by atoms with Crippen LogP contribution in [0.1, 0.15) is 85.0 Å². The minimum Gasteiger partial charge on any atom is -0.371 e. The lowest BCUT2D eigenvalue weighted by molar-refractivity contribution is -0.0295. The van der Waals surface area contributed by atoms with Crippen molar-refractivity contribution < 1.29 is 4.74 Å². The average Bonchev–Trinajstić information content (AvgIpc) is 2.49. The minimum atomic E-state index is 0.393. The van der Waals surface area contributed by atoms with Gasteiger partial charge < -0.3 is 4.74 Å². The maximum Gasteiger partial charge on any atom is 0.0762 e. The molecule has 1 fully saturated rings. The van der Waals surface area contributed by atoms with Crippen molar-refractivity contribution in [2.45, 2.75) is 97.2 Å². The van der Waals surface area contributed by atoms with Gasteiger partial charge in [-0.15, -0.1) is 0 Å². The molecule has 0 N–H and O–H groups in total. The molecule has 3 atom stereocenters. The first-order chi connectivity index (χ1) is 10.2. The van der Waals surface area contributed by atoms with Gasteiger partial charge in [-0.05, 0) is 56.3 Å². The summed E-state index contributed by atoms with van der Waals surface area (Å²) < 4.78 is 6.38. The second-order valence-electron chi connectivity index (χ2n) is 7.48. The Kier molecular flexibility index (Phi) is 7.29. The Hall–Kier alpha value is -0.300. The summed E-state index contributed by atoms with van der Waals surface area (Å²) in [5, 5.41) is 0. The predicted octanol–water partition coefficient (Wildman–Crippen LogP) is 6.13. The zero-order chi connectivity index (χ0) is 15.1. The monoisotopic (exact) mass is 292 g/mol. The van der Waals surface area contributed by atoms with E-state index in [1.807, 2.05) is 0 Å². The Morgan fingerprint density at radius 2 is 1.76 bits per heavy atom. The molecule has 3 unspecified atom stereocenters. The third-order valence-corrected chi connectivity index (χ3v) is 5.76. The van der Waals surface area contributed by atoms with Gasteiger partial charge in [0.25, 0.3) is 0 Å². The van der Waals surface area contributed by atoms with Crippen LogP contribution in [0.3, 0.4) is 0 Å². The van der Waals surface area contributed by atoms with E-state index in [0.717, 1.165) is 17.8 Å². The maximum absolute atomic E-state index is 6.38. The SMILES string of the molecule is CCCCCC1CCC(OC2C=CC(CC)C(C)C2)CC1. The highest BCUT2D eigenvalue weighted by molar-refractivity contribution is 5.01. The summed E-state index contributed by atoms with van der Waals surface area (Å²) in [5.74, 6) is 2.55. The summed E-state index contributed by atoms with van der Waals surface area (Å²) in [6, 6.07) is 0. The molecule has 0 saturated heterocycles. The fraction of sp³-hybridized carbons (Fsp3) is 0.900. The van der Waals surface area contributed by atoms with Crippen LogP contribution in [0.25, 0.3) is 0 Å². The van der Waals surface area contributed by atoms with Crippen LogP contribution in [0.2, 0.25) is 0 Å². The molecule has 2 aliphatic carbocycles. The van der Waals surface area contributed by atoms with Gasteiger partial charge in [-0.25, -0.2) is 0 Å². The number of rotatable bonds is 7. The molecule has 0 aliphatic heterocycles. The van der Waals surface area contributed by atoms with Crippen molar-refractivity contribution in [2.75, 3.05) is 0 Å². The smallest absolute Gasteiger partial charge is 0.0762 e. The Morgan fingerprint density at radius 1 is 1.00 bits per heavy atom. The lowest BCUT2D eigenvalue weighted by Gasteiger charge is -2.34. The molecule has 1 heteroatoms. The van der Waals surface area contributed by atoms with Crippen molar-refractivity contribution >= 4 is 0 Å². The lowest BCUT2D eigenvalue weighted by Crippen LogP contribution is -2.30. The molecule has 2 aliphatic rings. The molecule has 1 nitrogen and oxygen atoms in total. The van der Waals surface area contributed by atoms with Crippen molar-refractivity contribution in [1.82, 2.24) is 0 Å². The van der Waals surface area contributed by atoms with E-state index < -0.39 is 0 Å². The first-order valence-electron chi connectivity index (χ1n) is 9.56. The van der Waals surface area contributed by atoms with Crippen molar-refractivity contribution in [2.24, 2.45) is 17.8 Å². The molecule has 0 aromatic carbocycles. The van der Waals surface area contributed by atoms with Crippen LogP contribution in [0.4, 0.5) is 0 Å². The first kappa shape index (κ1) is 17.1. The normalized spacial score (nSPS) is 36.8. The molecule has 0 aromatic heterocycles. The quantitative estimate of drug-likeness (QED) is 0.405. The maximum atomic E-state index is 6.38. The standard InChI is InChI=1S/C20H36O/c1-4-6-7-8-17-9-12-19(13-10-17)21-20-14-11-18(5-2)16(3)15-20/h11,14,16-20H,4-10,12-13,15H2,1-3H3. The van der Waals surface area contributed by atoms with Gasteiger partial charge in [-0.2, -0.15) is 0 Å². The molecule has 122 valence electrons. The third kappa shape index (κ3) is 5.43. The summed E-state index contributed by atoms with van der Waals surface area (Å²) in [4.78, 5) is 0. The number of unbranched alkanes of at least 4 members (excludes halogenated alkanes) is 2. The first-order valence-corrected chi connectivity index (χ1v) is 9.56. The van der Waals surface area contributed by atoms with Gasteiger partial charge >= 0.3 is 0 Å². The molecule has 2 rings (SSSR count). The highest BCUT2D eigenvalue weighted by Crippen LogP contribution is 2.33. The van der Waals surface area contributed by atoms with Crippen molar-refractivity contribution in [3.8, 4) is 0 Å². The predicted molar refractivity (Wildman–Crippen MR) is 91.5 cm³/mol. The second kappa shape index (κ2) is 8.98. The van der Waals surface area contributed by atoms with Gasteiger partial charge in [-0.3, -0.25) is 0 Å². The number of hydrogen-bond donors (Lipinski definition) is 0. The van der Waals surface area contributed by atoms with Gasteiger partial charge in [-0.1, -0.05) is 58.6 Å². The van der Waals surface area contributed by atoms with E-state index in [4.69, 9.17) is 4.74 Å². The molecule has 0 bridgehead atoms. The zero-order valence-corrected chi connectivity index (χ0v) is 14.5. The molecule has 0 aromatic rings. The molecule has 0 heterocycles. The van der Waals surface area contributed by atoms with Crippen LogP contribution >= 0.6 is 0 Å². The van der Waals surface area contributed by atoms with E-state index in [2.05, 4.69) is 32.9 Å². The van der Waals surface area contributed by atoms with Crippen molar-refractivity contribution in [3.05, 3.63) is 12.2 Å². The van der Waals surface area contributed by atoms with Gasteiger partial charge in [0, 0.05) is 0 Å². The van der Waals surface area contributed by atoms with Crippen LogP contribution in [0, 0.1) is 17.8 Å². The molecule has 0 spiro atoms. The second-order valence-corrected chi connectivity index (χ2v) is 7.48. The fourth-order valence-corrected chi connectivity index (χ4v) is 4.20. The lowest BCUT2D eigenvalue weighted by atomic mass is 9.82. The van der Waals surface area contributed by atoms with Gasteiger partial charge in [0.2, 0.25) is 0 Å². The fourth-order valence-electron chi connectivity index (χ4n) is 4.20. The molecule has 0 amide bonds. The minimum absolute atomic E-state index is 0.393. The highest BCUT2D eigenvalue weighted by Gasteiger charge is 2.27. The zero-order valence-electron chi connectivity index (χ0n) is 14.5. The molecule has 21 heavy (non-hydrogen) atoms. The van der Waals surface area contributed by atoms with E-state index in [0.29, 0.717) is 12.2 Å². The number of hydrogen-bond acceptors (Lipinski definition) is 1. The van der Waals surface area contributed by atoms with E-state index >= 15 is 0 Å². The third-order valence-electron chi connectivity index (χ3n) is 5.76. The van der Waals surface area contributed by atoms with Crippen LogP contribution in [-0.2, 0) is 4.74 Å². The van der Waals surface area contributed by atoms with Gasteiger partial charge in [0.15, 0.2) is 0 Å². The van der Waals surface area contributed by atoms with Crippen LogP contribution in [-0.4, -0.2) is 12.2 Å². The number of allylic oxidation sites excluding steroid dienone is 1. The summed E-state index contributed by atoms with van der Waals surface area (Å²) in [6.45, 7) is 6.98. The van der Waals surface area contributed by atoms with Crippen LogP contribution < -0.4 is 0 Å². The van der Waals surface area contributed by atoms with Crippen LogP contribution in [0.5, 0.6) is 0 Å². The van der Waals surface area contributed by atoms with Gasteiger partial charge in [0.1, 0.15) is 0 Å². The number of ether oxygens (including phenoxy) is 1. The van der Waals surface area contributed by atoms with E-state index in [-0.39, 0.29) is 0 Å². The molecular weight excluding hydrogens is 256 g/mol. The van der Waals surface area contributed by atoms with Crippen molar-refractivity contribution in [3.63, 3.8) is 0 Å². The molecule has 0 radical (unpaired) electrons. The molecular formula is C20H36O. The summed E-state index contributed by atoms with van der Waals surface area (Å²) in [7, 11) is 0. The van der Waals surface area contributed by atoms with Gasteiger partial charge in [0.05, 0.1) is 12.2 Å². The Balaban J connectivity index is 1.67. The Bertz CT molecular complexity index is 301. The summed E-state index contributed by atoms with van der Waals surface area (Å²) in [5.41, 5.74) is 0.